The number of amides is 2. The Morgan fingerprint density at radius 1 is 1.19 bits per heavy atom. The Labute approximate surface area is 163 Å². The molecule has 4 rings (SSSR count). The first kappa shape index (κ1) is 17.6. The van der Waals surface area contributed by atoms with Gasteiger partial charge in [0, 0.05) is 17.6 Å². The fourth-order valence-electron chi connectivity index (χ4n) is 3.34. The van der Waals surface area contributed by atoms with E-state index < -0.39 is 5.92 Å². The molecule has 5 heteroatoms. The minimum Gasteiger partial charge on any atom is -0.325 e. The summed E-state index contributed by atoms with van der Waals surface area (Å²) in [6.07, 6.45) is 8.97. The maximum Gasteiger partial charge on any atom is 0.249 e. The second-order valence-electron chi connectivity index (χ2n) is 6.80. The molecule has 0 fully saturated rings. The second kappa shape index (κ2) is 7.08. The summed E-state index contributed by atoms with van der Waals surface area (Å²) in [7, 11) is 1.71. The normalized spacial score (nSPS) is 17.9. The van der Waals surface area contributed by atoms with Crippen LogP contribution in [-0.4, -0.2) is 23.2 Å². The molecule has 1 aliphatic heterocycles. The summed E-state index contributed by atoms with van der Waals surface area (Å²) in [5.74, 6) is -1.33. The molecule has 0 aromatic heterocycles. The van der Waals surface area contributed by atoms with Gasteiger partial charge in [-0.05, 0) is 60.2 Å². The molecule has 0 radical (unpaired) electrons. The summed E-state index contributed by atoms with van der Waals surface area (Å²) in [4.78, 5) is 26.8. The number of allylic oxidation sites excluding steroid dienone is 3. The fraction of sp³-hybridized carbons (Fsp3) is 0.182. The van der Waals surface area contributed by atoms with Gasteiger partial charge >= 0.3 is 0 Å². The number of anilines is 1. The largest absolute Gasteiger partial charge is 0.325 e. The maximum atomic E-state index is 13.0. The number of carbonyl (C=O) groups is 2. The van der Waals surface area contributed by atoms with Crippen molar-refractivity contribution in [2.45, 2.75) is 24.2 Å². The molecule has 1 heterocycles. The summed E-state index contributed by atoms with van der Waals surface area (Å²) < 4.78 is 1.55. The SMILES string of the molecule is Cc1ccc(NC(=O)C2C(=O)N(C)Sc3cc4c(cc32)CC=CC=C4)cc1. The van der Waals surface area contributed by atoms with E-state index >= 15 is 0 Å². The quantitative estimate of drug-likeness (QED) is 0.627. The zero-order chi connectivity index (χ0) is 19.0. The van der Waals surface area contributed by atoms with Crippen molar-refractivity contribution in [1.29, 1.82) is 0 Å². The maximum absolute atomic E-state index is 13.0. The summed E-state index contributed by atoms with van der Waals surface area (Å²) in [6, 6.07) is 11.7. The van der Waals surface area contributed by atoms with Gasteiger partial charge in [-0.3, -0.25) is 13.9 Å². The van der Waals surface area contributed by atoms with E-state index in [2.05, 4.69) is 23.5 Å². The van der Waals surface area contributed by atoms with Crippen LogP contribution in [0.5, 0.6) is 0 Å². The highest BCUT2D eigenvalue weighted by molar-refractivity contribution is 7.97. The Hall–Kier alpha value is -2.79. The van der Waals surface area contributed by atoms with Gasteiger partial charge in [-0.2, -0.15) is 0 Å². The van der Waals surface area contributed by atoms with Gasteiger partial charge in [0.25, 0.3) is 0 Å². The molecule has 2 amide bonds. The zero-order valence-electron chi connectivity index (χ0n) is 15.2. The summed E-state index contributed by atoms with van der Waals surface area (Å²) in [5.41, 5.74) is 4.86. The van der Waals surface area contributed by atoms with Crippen molar-refractivity contribution in [3.8, 4) is 0 Å². The number of benzene rings is 2. The molecule has 1 atom stereocenters. The van der Waals surface area contributed by atoms with Gasteiger partial charge in [-0.25, -0.2) is 0 Å². The van der Waals surface area contributed by atoms with Crippen LogP contribution in [0, 0.1) is 6.92 Å². The topological polar surface area (TPSA) is 49.4 Å². The Bertz CT molecular complexity index is 977. The molecule has 2 aromatic carbocycles. The number of likely N-dealkylation sites (N-methyl/N-ethyl adjacent to an activating group) is 1. The third-order valence-corrected chi connectivity index (χ3v) is 5.82. The lowest BCUT2D eigenvalue weighted by Gasteiger charge is -2.30. The van der Waals surface area contributed by atoms with Crippen LogP contribution in [-0.2, 0) is 16.0 Å². The molecule has 0 spiro atoms. The number of hydrogen-bond donors (Lipinski definition) is 1. The molecular weight excluding hydrogens is 356 g/mol. The van der Waals surface area contributed by atoms with Gasteiger partial charge in [0.05, 0.1) is 0 Å². The molecule has 1 aliphatic carbocycles. The van der Waals surface area contributed by atoms with Crippen LogP contribution in [0.1, 0.15) is 28.2 Å². The van der Waals surface area contributed by atoms with Crippen molar-refractivity contribution in [2.24, 2.45) is 0 Å². The molecule has 27 heavy (non-hydrogen) atoms. The molecule has 1 N–H and O–H groups in total. The Kier molecular flexibility index (Phi) is 4.62. The van der Waals surface area contributed by atoms with E-state index in [1.807, 2.05) is 49.4 Å². The predicted octanol–water partition coefficient (Wildman–Crippen LogP) is 4.32. The Morgan fingerprint density at radius 3 is 2.74 bits per heavy atom. The standard InChI is InChI=1S/C22H20N2O2S/c1-14-8-10-17(11-9-14)23-21(25)20-18-12-15-6-4-3-5-7-16(15)13-19(18)27-24(2)22(20)26/h3-5,7-13,20H,6H2,1-2H3,(H,23,25). The minimum absolute atomic E-state index is 0.197. The number of rotatable bonds is 2. The first-order valence-electron chi connectivity index (χ1n) is 8.86. The lowest BCUT2D eigenvalue weighted by Crippen LogP contribution is -2.38. The molecule has 4 nitrogen and oxygen atoms in total. The van der Waals surface area contributed by atoms with E-state index in [1.54, 1.807) is 11.4 Å². The van der Waals surface area contributed by atoms with Gasteiger partial charge < -0.3 is 5.32 Å². The van der Waals surface area contributed by atoms with Crippen molar-refractivity contribution in [3.05, 3.63) is 76.9 Å². The van der Waals surface area contributed by atoms with Crippen molar-refractivity contribution >= 4 is 35.5 Å². The predicted molar refractivity (Wildman–Crippen MR) is 109 cm³/mol. The Morgan fingerprint density at radius 2 is 1.96 bits per heavy atom. The van der Waals surface area contributed by atoms with E-state index in [-0.39, 0.29) is 11.8 Å². The van der Waals surface area contributed by atoms with Crippen molar-refractivity contribution in [2.75, 3.05) is 12.4 Å². The average Bonchev–Trinajstić information content (AvgIpc) is 2.88. The lowest BCUT2D eigenvalue weighted by molar-refractivity contribution is -0.132. The number of fused-ring (bicyclic) bond motifs is 2. The lowest BCUT2D eigenvalue weighted by atomic mass is 9.92. The van der Waals surface area contributed by atoms with Crippen molar-refractivity contribution in [3.63, 3.8) is 0 Å². The second-order valence-corrected chi connectivity index (χ2v) is 7.97. The van der Waals surface area contributed by atoms with Crippen molar-refractivity contribution in [1.82, 2.24) is 4.31 Å². The van der Waals surface area contributed by atoms with Crippen LogP contribution in [0.2, 0.25) is 0 Å². The minimum atomic E-state index is -0.839. The summed E-state index contributed by atoms with van der Waals surface area (Å²) in [5, 5.41) is 2.90. The molecule has 0 bridgehead atoms. The molecule has 2 aromatic rings. The highest BCUT2D eigenvalue weighted by Gasteiger charge is 2.38. The first-order valence-corrected chi connectivity index (χ1v) is 9.63. The number of nitrogens with one attached hydrogen (secondary N) is 1. The number of hydrogen-bond acceptors (Lipinski definition) is 3. The first-order chi connectivity index (χ1) is 13.0. The van der Waals surface area contributed by atoms with Crippen LogP contribution in [0.15, 0.2) is 59.5 Å². The van der Waals surface area contributed by atoms with Gasteiger partial charge in [-0.1, -0.05) is 48.1 Å². The van der Waals surface area contributed by atoms with Crippen LogP contribution in [0.3, 0.4) is 0 Å². The van der Waals surface area contributed by atoms with Crippen LogP contribution < -0.4 is 5.32 Å². The summed E-state index contributed by atoms with van der Waals surface area (Å²) >= 11 is 1.38. The van der Waals surface area contributed by atoms with E-state index in [4.69, 9.17) is 0 Å². The molecule has 0 saturated carbocycles. The summed E-state index contributed by atoms with van der Waals surface area (Å²) in [6.45, 7) is 1.99. The van der Waals surface area contributed by atoms with E-state index in [0.29, 0.717) is 5.69 Å². The average molecular weight is 376 g/mol. The smallest absolute Gasteiger partial charge is 0.249 e. The Balaban J connectivity index is 1.72. The van der Waals surface area contributed by atoms with Crippen LogP contribution in [0.25, 0.3) is 6.08 Å². The van der Waals surface area contributed by atoms with Gasteiger partial charge in [0.15, 0.2) is 0 Å². The molecule has 0 saturated heterocycles. The molecular formula is C22H20N2O2S. The number of aryl methyl sites for hydroxylation is 1. The number of nitrogens with zero attached hydrogens (tertiary/aromatic N) is 1. The van der Waals surface area contributed by atoms with Gasteiger partial charge in [0.1, 0.15) is 5.92 Å². The van der Waals surface area contributed by atoms with Crippen molar-refractivity contribution < 1.29 is 9.59 Å². The van der Waals surface area contributed by atoms with E-state index in [1.165, 1.54) is 11.9 Å². The third kappa shape index (κ3) is 3.43. The highest BCUT2D eigenvalue weighted by Crippen LogP contribution is 2.40. The zero-order valence-corrected chi connectivity index (χ0v) is 16.0. The van der Waals surface area contributed by atoms with Gasteiger partial charge in [0.2, 0.25) is 11.8 Å². The number of carbonyl (C=O) groups excluding carboxylic acids is 2. The van der Waals surface area contributed by atoms with E-state index in [9.17, 15) is 9.59 Å². The molecule has 2 aliphatic rings. The van der Waals surface area contributed by atoms with Crippen LogP contribution >= 0.6 is 11.9 Å². The molecule has 136 valence electrons. The third-order valence-electron chi connectivity index (χ3n) is 4.82. The fourth-order valence-corrected chi connectivity index (χ4v) is 4.29. The van der Waals surface area contributed by atoms with E-state index in [0.717, 1.165) is 33.6 Å². The monoisotopic (exact) mass is 376 g/mol. The van der Waals surface area contributed by atoms with Gasteiger partial charge in [-0.15, -0.1) is 0 Å². The highest BCUT2D eigenvalue weighted by atomic mass is 32.2. The van der Waals surface area contributed by atoms with Crippen LogP contribution in [0.4, 0.5) is 5.69 Å². The molecule has 1 unspecified atom stereocenters.